The lowest BCUT2D eigenvalue weighted by Crippen LogP contribution is -2.04. The number of benzene rings is 1. The van der Waals surface area contributed by atoms with Gasteiger partial charge in [0, 0.05) is 13.6 Å². The van der Waals surface area contributed by atoms with E-state index in [9.17, 15) is 0 Å². The minimum Gasteiger partial charge on any atom is -0.423 e. The van der Waals surface area contributed by atoms with Gasteiger partial charge in [-0.2, -0.15) is 4.68 Å². The molecular weight excluding hydrogens is 206 g/mol. The third-order valence-corrected chi connectivity index (χ3v) is 2.09. The van der Waals surface area contributed by atoms with E-state index in [-0.39, 0.29) is 0 Å². The molecule has 0 aliphatic rings. The van der Waals surface area contributed by atoms with E-state index in [1.807, 2.05) is 31.3 Å². The molecule has 16 heavy (non-hydrogen) atoms. The van der Waals surface area contributed by atoms with Crippen molar-refractivity contribution in [2.24, 2.45) is 7.05 Å². The Morgan fingerprint density at radius 2 is 2.06 bits per heavy atom. The van der Waals surface area contributed by atoms with Crippen LogP contribution in [0.5, 0.6) is 11.8 Å². The van der Waals surface area contributed by atoms with Gasteiger partial charge in [0.15, 0.2) is 0 Å². The summed E-state index contributed by atoms with van der Waals surface area (Å²) < 4.78 is 6.96. The molecule has 84 valence electrons. The monoisotopic (exact) mass is 219 g/mol. The summed E-state index contributed by atoms with van der Waals surface area (Å²) in [6.45, 7) is 0.839. The molecule has 0 aliphatic heterocycles. The molecule has 0 saturated carbocycles. The Morgan fingerprint density at radius 3 is 2.62 bits per heavy atom. The number of tetrazole rings is 1. The standard InChI is InChI=1S/C10H13N5O/c1-11-7-8-3-5-9(6-4-8)16-10-12-13-14-15(10)2/h3-6,11H,7H2,1-2H3. The van der Waals surface area contributed by atoms with Gasteiger partial charge >= 0.3 is 6.01 Å². The maximum atomic E-state index is 5.49. The van der Waals surface area contributed by atoms with E-state index in [0.29, 0.717) is 6.01 Å². The lowest BCUT2D eigenvalue weighted by Gasteiger charge is -2.04. The molecule has 2 rings (SSSR count). The number of nitrogens with one attached hydrogen (secondary N) is 1. The summed E-state index contributed by atoms with van der Waals surface area (Å²) in [7, 11) is 3.64. The predicted molar refractivity (Wildman–Crippen MR) is 58.1 cm³/mol. The Bertz CT molecular complexity index is 450. The van der Waals surface area contributed by atoms with Crippen LogP contribution in [0.1, 0.15) is 5.56 Å². The third kappa shape index (κ3) is 2.34. The minimum absolute atomic E-state index is 0.376. The Kier molecular flexibility index (Phi) is 3.11. The van der Waals surface area contributed by atoms with E-state index in [1.165, 1.54) is 10.2 Å². The van der Waals surface area contributed by atoms with Crippen molar-refractivity contribution in [3.63, 3.8) is 0 Å². The van der Waals surface area contributed by atoms with Crippen molar-refractivity contribution in [2.45, 2.75) is 6.54 Å². The molecule has 0 saturated heterocycles. The van der Waals surface area contributed by atoms with Crippen LogP contribution in [0.2, 0.25) is 0 Å². The van der Waals surface area contributed by atoms with Crippen molar-refractivity contribution in [1.82, 2.24) is 25.5 Å². The highest BCUT2D eigenvalue weighted by Gasteiger charge is 2.04. The fourth-order valence-corrected chi connectivity index (χ4v) is 1.29. The number of aromatic nitrogens is 4. The van der Waals surface area contributed by atoms with Gasteiger partial charge in [-0.3, -0.25) is 0 Å². The molecule has 0 bridgehead atoms. The third-order valence-electron chi connectivity index (χ3n) is 2.09. The van der Waals surface area contributed by atoms with Crippen LogP contribution in [0.3, 0.4) is 0 Å². The van der Waals surface area contributed by atoms with Crippen LogP contribution in [-0.4, -0.2) is 27.3 Å². The van der Waals surface area contributed by atoms with Gasteiger partial charge in [0.05, 0.1) is 0 Å². The molecule has 0 fully saturated rings. The Morgan fingerprint density at radius 1 is 1.31 bits per heavy atom. The van der Waals surface area contributed by atoms with Crippen molar-refractivity contribution in [2.75, 3.05) is 7.05 Å². The molecule has 6 nitrogen and oxygen atoms in total. The van der Waals surface area contributed by atoms with Gasteiger partial charge in [-0.05, 0) is 35.2 Å². The molecule has 6 heteroatoms. The maximum Gasteiger partial charge on any atom is 0.340 e. The second kappa shape index (κ2) is 4.71. The summed E-state index contributed by atoms with van der Waals surface area (Å²) in [6, 6.07) is 8.15. The fourth-order valence-electron chi connectivity index (χ4n) is 1.29. The van der Waals surface area contributed by atoms with Gasteiger partial charge in [0.2, 0.25) is 0 Å². The molecule has 0 unspecified atom stereocenters. The van der Waals surface area contributed by atoms with Crippen LogP contribution < -0.4 is 10.1 Å². The quantitative estimate of drug-likeness (QED) is 0.820. The van der Waals surface area contributed by atoms with E-state index < -0.39 is 0 Å². The Balaban J connectivity index is 2.08. The summed E-state index contributed by atoms with van der Waals surface area (Å²) >= 11 is 0. The first kappa shape index (κ1) is 10.6. The molecule has 1 heterocycles. The van der Waals surface area contributed by atoms with Gasteiger partial charge in [0.25, 0.3) is 0 Å². The highest BCUT2D eigenvalue weighted by Crippen LogP contribution is 2.18. The summed E-state index contributed by atoms with van der Waals surface area (Å²) in [5.74, 6) is 0.720. The van der Waals surface area contributed by atoms with Crippen LogP contribution in [-0.2, 0) is 13.6 Å². The highest BCUT2D eigenvalue weighted by molar-refractivity contribution is 5.28. The zero-order valence-corrected chi connectivity index (χ0v) is 9.21. The van der Waals surface area contributed by atoms with Crippen molar-refractivity contribution < 1.29 is 4.74 Å². The molecule has 0 amide bonds. The summed E-state index contributed by atoms with van der Waals surface area (Å²) in [4.78, 5) is 0. The van der Waals surface area contributed by atoms with Crippen molar-refractivity contribution >= 4 is 0 Å². The summed E-state index contributed by atoms with van der Waals surface area (Å²) in [6.07, 6.45) is 0. The number of hydrogen-bond donors (Lipinski definition) is 1. The Labute approximate surface area is 93.2 Å². The lowest BCUT2D eigenvalue weighted by molar-refractivity contribution is 0.414. The lowest BCUT2D eigenvalue weighted by atomic mass is 10.2. The second-order valence-corrected chi connectivity index (χ2v) is 3.36. The molecule has 0 radical (unpaired) electrons. The van der Waals surface area contributed by atoms with Crippen LogP contribution in [0, 0.1) is 0 Å². The summed E-state index contributed by atoms with van der Waals surface area (Å²) in [5, 5.41) is 14.0. The predicted octanol–water partition coefficient (Wildman–Crippen LogP) is 0.722. The molecule has 0 atom stereocenters. The van der Waals surface area contributed by atoms with Crippen molar-refractivity contribution in [3.8, 4) is 11.8 Å². The van der Waals surface area contributed by atoms with E-state index in [4.69, 9.17) is 4.74 Å². The van der Waals surface area contributed by atoms with Crippen LogP contribution >= 0.6 is 0 Å². The number of aryl methyl sites for hydroxylation is 1. The van der Waals surface area contributed by atoms with Crippen LogP contribution in [0.4, 0.5) is 0 Å². The van der Waals surface area contributed by atoms with Crippen molar-refractivity contribution in [1.29, 1.82) is 0 Å². The maximum absolute atomic E-state index is 5.49. The fraction of sp³-hybridized carbons (Fsp3) is 0.300. The van der Waals surface area contributed by atoms with Gasteiger partial charge < -0.3 is 10.1 Å². The average Bonchev–Trinajstić information content (AvgIpc) is 2.68. The molecule has 1 N–H and O–H groups in total. The molecular formula is C10H13N5O. The Hall–Kier alpha value is -1.95. The van der Waals surface area contributed by atoms with Crippen molar-refractivity contribution in [3.05, 3.63) is 29.8 Å². The minimum atomic E-state index is 0.376. The molecule has 0 aliphatic carbocycles. The topological polar surface area (TPSA) is 64.9 Å². The molecule has 1 aromatic heterocycles. The number of hydrogen-bond acceptors (Lipinski definition) is 5. The first-order valence-electron chi connectivity index (χ1n) is 4.93. The highest BCUT2D eigenvalue weighted by atomic mass is 16.5. The largest absolute Gasteiger partial charge is 0.423 e. The normalized spacial score (nSPS) is 10.4. The number of ether oxygens (including phenoxy) is 1. The van der Waals surface area contributed by atoms with E-state index in [0.717, 1.165) is 12.3 Å². The first-order valence-corrected chi connectivity index (χ1v) is 4.93. The van der Waals surface area contributed by atoms with E-state index in [1.54, 1.807) is 7.05 Å². The van der Waals surface area contributed by atoms with Gasteiger partial charge in [0.1, 0.15) is 5.75 Å². The smallest absolute Gasteiger partial charge is 0.340 e. The number of nitrogens with zero attached hydrogens (tertiary/aromatic N) is 4. The number of rotatable bonds is 4. The zero-order chi connectivity index (χ0) is 11.4. The van der Waals surface area contributed by atoms with Gasteiger partial charge in [-0.25, -0.2) is 0 Å². The van der Waals surface area contributed by atoms with E-state index in [2.05, 4.69) is 20.8 Å². The average molecular weight is 219 g/mol. The SMILES string of the molecule is CNCc1ccc(Oc2nnnn2C)cc1. The van der Waals surface area contributed by atoms with Gasteiger partial charge in [-0.15, -0.1) is 0 Å². The zero-order valence-electron chi connectivity index (χ0n) is 9.21. The molecule has 2 aromatic rings. The van der Waals surface area contributed by atoms with E-state index >= 15 is 0 Å². The molecule has 0 spiro atoms. The van der Waals surface area contributed by atoms with Crippen LogP contribution in [0.15, 0.2) is 24.3 Å². The van der Waals surface area contributed by atoms with Gasteiger partial charge in [-0.1, -0.05) is 17.2 Å². The second-order valence-electron chi connectivity index (χ2n) is 3.36. The molecule has 1 aromatic carbocycles. The van der Waals surface area contributed by atoms with Crippen LogP contribution in [0.25, 0.3) is 0 Å². The first-order chi connectivity index (χ1) is 7.79. The summed E-state index contributed by atoms with van der Waals surface area (Å²) in [5.41, 5.74) is 1.20.